The quantitative estimate of drug-likeness (QED) is 0.571. The van der Waals surface area contributed by atoms with Gasteiger partial charge in [-0.05, 0) is 56.0 Å². The number of furan rings is 1. The van der Waals surface area contributed by atoms with Crippen molar-refractivity contribution in [2.45, 2.75) is 32.1 Å². The largest absolute Gasteiger partial charge is 0.472 e. The van der Waals surface area contributed by atoms with E-state index >= 15 is 0 Å². The Kier molecular flexibility index (Phi) is 4.34. The fourth-order valence-electron chi connectivity index (χ4n) is 3.03. The van der Waals surface area contributed by atoms with Gasteiger partial charge < -0.3 is 4.42 Å². The molecule has 0 spiro atoms. The Hall–Kier alpha value is -2.14. The first-order chi connectivity index (χ1) is 11.8. The second-order valence-corrected chi connectivity index (χ2v) is 6.95. The summed E-state index contributed by atoms with van der Waals surface area (Å²) in [5.41, 5.74) is 3.39. The van der Waals surface area contributed by atoms with Crippen LogP contribution in [0.1, 0.15) is 31.5 Å². The maximum Gasteiger partial charge on any atom is 0.185 e. The predicted octanol–water partition coefficient (Wildman–Crippen LogP) is 5.33. The zero-order chi connectivity index (χ0) is 16.4. The van der Waals surface area contributed by atoms with Gasteiger partial charge in [0.1, 0.15) is 12.1 Å². The molecule has 24 heavy (non-hydrogen) atoms. The van der Waals surface area contributed by atoms with E-state index in [1.807, 2.05) is 22.9 Å². The van der Waals surface area contributed by atoms with E-state index in [1.165, 1.54) is 24.8 Å². The lowest BCUT2D eigenvalue weighted by atomic mass is 9.97. The standard InChI is InChI=1S/C19H18BrN3O/c20-16-6-8-17(9-7-16)23-18(12-14-4-2-1-3-5-14)21-19(22-23)15-10-11-24-13-15/h4,6-11,13H,1-3,5,12H2. The number of nitrogens with zero attached hydrogens (tertiary/aromatic N) is 3. The van der Waals surface area contributed by atoms with Crippen LogP contribution in [0.25, 0.3) is 17.1 Å². The van der Waals surface area contributed by atoms with Gasteiger partial charge in [0.25, 0.3) is 0 Å². The maximum absolute atomic E-state index is 5.18. The van der Waals surface area contributed by atoms with Crippen molar-refractivity contribution in [3.05, 3.63) is 64.8 Å². The summed E-state index contributed by atoms with van der Waals surface area (Å²) < 4.78 is 8.18. The molecular weight excluding hydrogens is 366 g/mol. The highest BCUT2D eigenvalue weighted by molar-refractivity contribution is 9.10. The van der Waals surface area contributed by atoms with Crippen LogP contribution in [0.3, 0.4) is 0 Å². The SMILES string of the molecule is Brc1ccc(-n2nc(-c3ccoc3)nc2CC2=CCCCC2)cc1. The third-order valence-corrected chi connectivity index (χ3v) is 4.82. The van der Waals surface area contributed by atoms with Crippen molar-refractivity contribution in [1.29, 1.82) is 0 Å². The number of rotatable bonds is 4. The van der Waals surface area contributed by atoms with Crippen molar-refractivity contribution in [3.63, 3.8) is 0 Å². The molecule has 0 radical (unpaired) electrons. The van der Waals surface area contributed by atoms with Crippen LogP contribution < -0.4 is 0 Å². The molecule has 4 nitrogen and oxygen atoms in total. The number of hydrogen-bond donors (Lipinski definition) is 0. The average Bonchev–Trinajstić information content (AvgIpc) is 3.26. The first kappa shape index (κ1) is 15.4. The molecule has 122 valence electrons. The number of allylic oxidation sites excluding steroid dienone is 2. The highest BCUT2D eigenvalue weighted by atomic mass is 79.9. The molecule has 0 amide bonds. The third kappa shape index (κ3) is 3.22. The Morgan fingerprint density at radius 2 is 2.00 bits per heavy atom. The zero-order valence-electron chi connectivity index (χ0n) is 13.3. The van der Waals surface area contributed by atoms with Crippen molar-refractivity contribution in [2.24, 2.45) is 0 Å². The van der Waals surface area contributed by atoms with Crippen molar-refractivity contribution >= 4 is 15.9 Å². The van der Waals surface area contributed by atoms with Crippen LogP contribution in [0.15, 0.2) is 63.4 Å². The second kappa shape index (κ2) is 6.77. The van der Waals surface area contributed by atoms with Gasteiger partial charge >= 0.3 is 0 Å². The molecule has 0 aliphatic heterocycles. The molecule has 2 aromatic heterocycles. The second-order valence-electron chi connectivity index (χ2n) is 6.04. The van der Waals surface area contributed by atoms with E-state index in [-0.39, 0.29) is 0 Å². The number of benzene rings is 1. The lowest BCUT2D eigenvalue weighted by Crippen LogP contribution is -2.06. The Morgan fingerprint density at radius 3 is 2.71 bits per heavy atom. The van der Waals surface area contributed by atoms with Gasteiger partial charge in [-0.3, -0.25) is 0 Å². The highest BCUT2D eigenvalue weighted by Crippen LogP contribution is 2.25. The van der Waals surface area contributed by atoms with Gasteiger partial charge in [0.15, 0.2) is 5.82 Å². The summed E-state index contributed by atoms with van der Waals surface area (Å²) in [6.07, 6.45) is 11.5. The molecule has 0 N–H and O–H groups in total. The van der Waals surface area contributed by atoms with Crippen LogP contribution in [-0.2, 0) is 6.42 Å². The average molecular weight is 384 g/mol. The Balaban J connectivity index is 1.74. The Labute approximate surface area is 149 Å². The zero-order valence-corrected chi connectivity index (χ0v) is 14.9. The van der Waals surface area contributed by atoms with Gasteiger partial charge in [-0.2, -0.15) is 0 Å². The van der Waals surface area contributed by atoms with Gasteiger partial charge in [-0.1, -0.05) is 27.6 Å². The molecule has 0 fully saturated rings. The number of halogens is 1. The summed E-state index contributed by atoms with van der Waals surface area (Å²) in [6.45, 7) is 0. The van der Waals surface area contributed by atoms with Crippen LogP contribution in [0, 0.1) is 0 Å². The Bertz CT molecular complexity index is 847. The van der Waals surface area contributed by atoms with Crippen LogP contribution >= 0.6 is 15.9 Å². The van der Waals surface area contributed by atoms with Crippen molar-refractivity contribution in [2.75, 3.05) is 0 Å². The van der Waals surface area contributed by atoms with E-state index in [9.17, 15) is 0 Å². The monoisotopic (exact) mass is 383 g/mol. The van der Waals surface area contributed by atoms with E-state index in [4.69, 9.17) is 14.5 Å². The molecule has 0 saturated carbocycles. The summed E-state index contributed by atoms with van der Waals surface area (Å²) >= 11 is 3.49. The van der Waals surface area contributed by atoms with Crippen molar-refractivity contribution in [1.82, 2.24) is 14.8 Å². The van der Waals surface area contributed by atoms with Crippen LogP contribution in [0.5, 0.6) is 0 Å². The van der Waals surface area contributed by atoms with Gasteiger partial charge in [0.05, 0.1) is 17.5 Å². The van der Waals surface area contributed by atoms with Gasteiger partial charge in [0, 0.05) is 10.9 Å². The fraction of sp³-hybridized carbons (Fsp3) is 0.263. The molecule has 2 heterocycles. The maximum atomic E-state index is 5.18. The molecule has 0 bridgehead atoms. The van der Waals surface area contributed by atoms with E-state index in [0.717, 1.165) is 34.4 Å². The lowest BCUT2D eigenvalue weighted by Gasteiger charge is -2.12. The first-order valence-corrected chi connectivity index (χ1v) is 9.01. The smallest absolute Gasteiger partial charge is 0.185 e. The molecule has 4 rings (SSSR count). The normalized spacial score (nSPS) is 14.6. The van der Waals surface area contributed by atoms with Crippen molar-refractivity contribution < 1.29 is 4.42 Å². The minimum absolute atomic E-state index is 0.707. The predicted molar refractivity (Wildman–Crippen MR) is 97.0 cm³/mol. The van der Waals surface area contributed by atoms with E-state index < -0.39 is 0 Å². The van der Waals surface area contributed by atoms with E-state index in [2.05, 4.69) is 34.1 Å². The molecule has 3 aromatic rings. The topological polar surface area (TPSA) is 43.9 Å². The molecule has 1 aliphatic rings. The number of aromatic nitrogens is 3. The van der Waals surface area contributed by atoms with Gasteiger partial charge in [-0.25, -0.2) is 9.67 Å². The summed E-state index contributed by atoms with van der Waals surface area (Å²) in [5.74, 6) is 1.68. The summed E-state index contributed by atoms with van der Waals surface area (Å²) in [7, 11) is 0. The molecule has 1 aliphatic carbocycles. The van der Waals surface area contributed by atoms with Gasteiger partial charge in [-0.15, -0.1) is 5.10 Å². The minimum atomic E-state index is 0.707. The first-order valence-electron chi connectivity index (χ1n) is 8.22. The Morgan fingerprint density at radius 1 is 1.12 bits per heavy atom. The number of hydrogen-bond acceptors (Lipinski definition) is 3. The van der Waals surface area contributed by atoms with E-state index in [1.54, 1.807) is 12.5 Å². The van der Waals surface area contributed by atoms with Crippen LogP contribution in [0.4, 0.5) is 0 Å². The van der Waals surface area contributed by atoms with Crippen molar-refractivity contribution in [3.8, 4) is 17.1 Å². The third-order valence-electron chi connectivity index (χ3n) is 4.29. The molecule has 0 unspecified atom stereocenters. The fourth-order valence-corrected chi connectivity index (χ4v) is 3.29. The molecular formula is C19H18BrN3O. The van der Waals surface area contributed by atoms with Crippen LogP contribution in [-0.4, -0.2) is 14.8 Å². The summed E-state index contributed by atoms with van der Waals surface area (Å²) in [5, 5.41) is 4.72. The molecule has 5 heteroatoms. The molecule has 0 saturated heterocycles. The van der Waals surface area contributed by atoms with Crippen LogP contribution in [0.2, 0.25) is 0 Å². The van der Waals surface area contributed by atoms with E-state index in [0.29, 0.717) is 5.82 Å². The molecule has 0 atom stereocenters. The highest BCUT2D eigenvalue weighted by Gasteiger charge is 2.16. The summed E-state index contributed by atoms with van der Waals surface area (Å²) in [6, 6.07) is 10.1. The molecule has 1 aromatic carbocycles. The summed E-state index contributed by atoms with van der Waals surface area (Å²) in [4.78, 5) is 4.78. The van der Waals surface area contributed by atoms with Gasteiger partial charge in [0.2, 0.25) is 0 Å². The minimum Gasteiger partial charge on any atom is -0.472 e. The lowest BCUT2D eigenvalue weighted by molar-refractivity contribution is 0.568.